The van der Waals surface area contributed by atoms with E-state index >= 15 is 0 Å². The van der Waals surface area contributed by atoms with Crippen molar-refractivity contribution in [1.82, 2.24) is 15.0 Å². The van der Waals surface area contributed by atoms with E-state index in [-0.39, 0.29) is 17.7 Å². The van der Waals surface area contributed by atoms with Crippen LogP contribution >= 0.6 is 11.3 Å². The summed E-state index contributed by atoms with van der Waals surface area (Å²) in [5.74, 6) is -0.959. The molecule has 6 nitrogen and oxygen atoms in total. The minimum atomic E-state index is -0.516. The number of halogens is 1. The Balaban J connectivity index is 1.55. The van der Waals surface area contributed by atoms with Gasteiger partial charge in [0.25, 0.3) is 11.5 Å². The van der Waals surface area contributed by atoms with E-state index in [9.17, 15) is 14.0 Å². The van der Waals surface area contributed by atoms with Crippen molar-refractivity contribution >= 4 is 33.7 Å². The van der Waals surface area contributed by atoms with Crippen molar-refractivity contribution < 1.29 is 9.18 Å². The second-order valence-corrected chi connectivity index (χ2v) is 7.05. The van der Waals surface area contributed by atoms with Gasteiger partial charge in [-0.25, -0.2) is 14.8 Å². The van der Waals surface area contributed by atoms with E-state index in [4.69, 9.17) is 0 Å². The average molecular weight is 406 g/mol. The summed E-state index contributed by atoms with van der Waals surface area (Å²) in [6.45, 7) is -0.250. The first-order chi connectivity index (χ1) is 14.1. The number of rotatable bonds is 5. The molecule has 144 valence electrons. The van der Waals surface area contributed by atoms with Crippen LogP contribution in [0.25, 0.3) is 21.3 Å². The Kier molecular flexibility index (Phi) is 5.26. The fourth-order valence-corrected chi connectivity index (χ4v) is 3.76. The first-order valence-electron chi connectivity index (χ1n) is 8.72. The summed E-state index contributed by atoms with van der Waals surface area (Å²) in [6, 6.07) is 15.6. The van der Waals surface area contributed by atoms with E-state index < -0.39 is 11.7 Å². The third-order valence-corrected chi connectivity index (χ3v) is 5.14. The van der Waals surface area contributed by atoms with Gasteiger partial charge in [0.15, 0.2) is 0 Å². The van der Waals surface area contributed by atoms with Crippen molar-refractivity contribution in [2.45, 2.75) is 6.54 Å². The van der Waals surface area contributed by atoms with Crippen LogP contribution in [0.3, 0.4) is 0 Å². The van der Waals surface area contributed by atoms with E-state index in [0.29, 0.717) is 10.2 Å². The van der Waals surface area contributed by atoms with Crippen LogP contribution in [-0.2, 0) is 11.3 Å². The van der Waals surface area contributed by atoms with Gasteiger partial charge in [-0.05, 0) is 11.6 Å². The molecule has 8 heteroatoms. The Morgan fingerprint density at radius 2 is 1.93 bits per heavy atom. The molecule has 4 aromatic rings. The molecule has 0 saturated carbocycles. The maximum Gasteiger partial charge on any atom is 0.263 e. The maximum atomic E-state index is 13.6. The topological polar surface area (TPSA) is 76.3 Å². The van der Waals surface area contributed by atoms with Gasteiger partial charge in [0.2, 0.25) is 0 Å². The number of thiophene rings is 1. The van der Waals surface area contributed by atoms with Gasteiger partial charge in [-0.1, -0.05) is 48.5 Å². The molecule has 0 radical (unpaired) electrons. The maximum absolute atomic E-state index is 13.6. The van der Waals surface area contributed by atoms with Crippen molar-refractivity contribution in [2.24, 2.45) is 5.10 Å². The van der Waals surface area contributed by atoms with Crippen LogP contribution < -0.4 is 11.0 Å². The second-order valence-electron chi connectivity index (χ2n) is 6.19. The predicted molar refractivity (Wildman–Crippen MR) is 111 cm³/mol. The summed E-state index contributed by atoms with van der Waals surface area (Å²) in [5, 5.41) is 6.11. The van der Waals surface area contributed by atoms with Crippen LogP contribution in [0.15, 0.2) is 76.2 Å². The number of carbonyl (C=O) groups excluding carboxylic acids is 1. The fraction of sp³-hybridized carbons (Fsp3) is 0.0476. The normalized spacial score (nSPS) is 11.2. The van der Waals surface area contributed by atoms with Gasteiger partial charge in [-0.3, -0.25) is 14.2 Å². The van der Waals surface area contributed by atoms with Gasteiger partial charge in [0, 0.05) is 16.5 Å². The molecule has 0 spiro atoms. The van der Waals surface area contributed by atoms with Crippen LogP contribution in [0.5, 0.6) is 0 Å². The van der Waals surface area contributed by atoms with Crippen molar-refractivity contribution in [1.29, 1.82) is 0 Å². The number of aromatic nitrogens is 2. The van der Waals surface area contributed by atoms with Crippen LogP contribution in [0.1, 0.15) is 5.56 Å². The monoisotopic (exact) mass is 406 g/mol. The highest BCUT2D eigenvalue weighted by molar-refractivity contribution is 7.17. The van der Waals surface area contributed by atoms with Crippen molar-refractivity contribution in [3.8, 4) is 11.1 Å². The Labute approximate surface area is 169 Å². The highest BCUT2D eigenvalue weighted by atomic mass is 32.1. The number of nitrogens with one attached hydrogen (secondary N) is 1. The minimum Gasteiger partial charge on any atom is -0.289 e. The molecule has 0 aliphatic heterocycles. The average Bonchev–Trinajstić information content (AvgIpc) is 3.17. The molecule has 0 unspecified atom stereocenters. The summed E-state index contributed by atoms with van der Waals surface area (Å²) in [6.07, 6.45) is 2.56. The van der Waals surface area contributed by atoms with Crippen molar-refractivity contribution in [2.75, 3.05) is 0 Å². The van der Waals surface area contributed by atoms with Gasteiger partial charge in [0.1, 0.15) is 17.2 Å². The molecule has 0 aliphatic carbocycles. The standard InChI is InChI=1S/C21H15FN4O2S/c22-17-9-5-4-8-15(17)10-24-25-18(27)11-26-13-23-20-19(21(26)28)16(12-29-20)14-6-2-1-3-7-14/h1-10,12-13H,11H2,(H,25,27)/b24-10+. The quantitative estimate of drug-likeness (QED) is 0.408. The zero-order valence-electron chi connectivity index (χ0n) is 15.1. The highest BCUT2D eigenvalue weighted by Crippen LogP contribution is 2.30. The van der Waals surface area contributed by atoms with Crippen LogP contribution in [0, 0.1) is 5.82 Å². The van der Waals surface area contributed by atoms with Gasteiger partial charge >= 0.3 is 0 Å². The molecule has 2 heterocycles. The van der Waals surface area contributed by atoms with E-state index in [1.54, 1.807) is 12.1 Å². The van der Waals surface area contributed by atoms with E-state index in [0.717, 1.165) is 11.1 Å². The summed E-state index contributed by atoms with van der Waals surface area (Å²) in [4.78, 5) is 30.0. The van der Waals surface area contributed by atoms with Crippen LogP contribution in [-0.4, -0.2) is 21.7 Å². The molecule has 29 heavy (non-hydrogen) atoms. The molecule has 0 fully saturated rings. The lowest BCUT2D eigenvalue weighted by Crippen LogP contribution is -2.30. The Bertz CT molecular complexity index is 1260. The molecule has 0 bridgehead atoms. The molecule has 1 amide bonds. The number of hydrazone groups is 1. The highest BCUT2D eigenvalue weighted by Gasteiger charge is 2.14. The Morgan fingerprint density at radius 1 is 1.17 bits per heavy atom. The predicted octanol–water partition coefficient (Wildman–Crippen LogP) is 3.41. The van der Waals surface area contributed by atoms with Crippen molar-refractivity contribution in [3.63, 3.8) is 0 Å². The number of amides is 1. The SMILES string of the molecule is O=C(Cn1cnc2scc(-c3ccccc3)c2c1=O)N/N=C/c1ccccc1F. The van der Waals surface area contributed by atoms with Gasteiger partial charge in [0.05, 0.1) is 17.9 Å². The Morgan fingerprint density at radius 3 is 2.72 bits per heavy atom. The lowest BCUT2D eigenvalue weighted by molar-refractivity contribution is -0.121. The summed E-state index contributed by atoms with van der Waals surface area (Å²) < 4.78 is 14.8. The Hall–Kier alpha value is -3.65. The molecule has 0 atom stereocenters. The molecule has 0 aliphatic rings. The first-order valence-corrected chi connectivity index (χ1v) is 9.60. The first kappa shape index (κ1) is 18.7. The second kappa shape index (κ2) is 8.15. The molecule has 0 saturated heterocycles. The smallest absolute Gasteiger partial charge is 0.263 e. The molecule has 4 rings (SSSR count). The number of benzene rings is 2. The van der Waals surface area contributed by atoms with Crippen LogP contribution in [0.4, 0.5) is 4.39 Å². The zero-order chi connectivity index (χ0) is 20.2. The number of fused-ring (bicyclic) bond motifs is 1. The van der Waals surface area contributed by atoms with E-state index in [1.165, 1.54) is 40.6 Å². The third-order valence-electron chi connectivity index (χ3n) is 4.26. The number of nitrogens with zero attached hydrogens (tertiary/aromatic N) is 3. The lowest BCUT2D eigenvalue weighted by Gasteiger charge is -2.05. The van der Waals surface area contributed by atoms with Crippen molar-refractivity contribution in [3.05, 3.63) is 88.0 Å². The lowest BCUT2D eigenvalue weighted by atomic mass is 10.1. The number of carbonyl (C=O) groups is 1. The minimum absolute atomic E-state index is 0.249. The van der Waals surface area contributed by atoms with E-state index in [2.05, 4.69) is 15.5 Å². The summed E-state index contributed by atoms with van der Waals surface area (Å²) >= 11 is 1.38. The molecular formula is C21H15FN4O2S. The third kappa shape index (κ3) is 3.97. The molecule has 2 aromatic carbocycles. The largest absolute Gasteiger partial charge is 0.289 e. The zero-order valence-corrected chi connectivity index (χ0v) is 15.9. The van der Waals surface area contributed by atoms with Crippen LogP contribution in [0.2, 0.25) is 0 Å². The van der Waals surface area contributed by atoms with Gasteiger partial charge < -0.3 is 0 Å². The number of hydrogen-bond acceptors (Lipinski definition) is 5. The van der Waals surface area contributed by atoms with Gasteiger partial charge in [-0.15, -0.1) is 11.3 Å². The fourth-order valence-electron chi connectivity index (χ4n) is 2.85. The van der Waals surface area contributed by atoms with Gasteiger partial charge in [-0.2, -0.15) is 5.10 Å². The number of hydrogen-bond donors (Lipinski definition) is 1. The molecule has 2 aromatic heterocycles. The van der Waals surface area contributed by atoms with E-state index in [1.807, 2.05) is 35.7 Å². The summed E-state index contributed by atoms with van der Waals surface area (Å²) in [5.41, 5.74) is 3.95. The molecular weight excluding hydrogens is 391 g/mol. The summed E-state index contributed by atoms with van der Waals surface area (Å²) in [7, 11) is 0. The molecule has 1 N–H and O–H groups in total.